The normalized spacial score (nSPS) is 11.6. The standard InChI is InChI=1S/C12H16N2O2S/c1-9(15)14-11(12(16)13-2)8-17-10-6-4-3-5-7-10/h3-7,11H,8H2,1-2H3,(H,13,16)(H,14,15). The minimum Gasteiger partial charge on any atom is -0.357 e. The molecule has 1 aromatic carbocycles. The fourth-order valence-electron chi connectivity index (χ4n) is 1.30. The largest absolute Gasteiger partial charge is 0.357 e. The average molecular weight is 252 g/mol. The van der Waals surface area contributed by atoms with Crippen molar-refractivity contribution in [2.75, 3.05) is 12.8 Å². The molecule has 2 amide bonds. The molecule has 0 heterocycles. The molecule has 0 saturated carbocycles. The Bertz CT molecular complexity index is 381. The first-order chi connectivity index (χ1) is 8.13. The summed E-state index contributed by atoms with van der Waals surface area (Å²) in [7, 11) is 1.56. The second-order valence-corrected chi connectivity index (χ2v) is 4.58. The van der Waals surface area contributed by atoms with Crippen LogP contribution in [0.1, 0.15) is 6.92 Å². The van der Waals surface area contributed by atoms with Crippen molar-refractivity contribution in [1.29, 1.82) is 0 Å². The fourth-order valence-corrected chi connectivity index (χ4v) is 2.24. The number of nitrogens with one attached hydrogen (secondary N) is 2. The highest BCUT2D eigenvalue weighted by molar-refractivity contribution is 7.99. The van der Waals surface area contributed by atoms with E-state index >= 15 is 0 Å². The molecule has 0 spiro atoms. The quantitative estimate of drug-likeness (QED) is 0.770. The second-order valence-electron chi connectivity index (χ2n) is 3.49. The molecule has 4 nitrogen and oxygen atoms in total. The molecule has 1 rings (SSSR count). The van der Waals surface area contributed by atoms with E-state index in [1.807, 2.05) is 30.3 Å². The SMILES string of the molecule is CNC(=O)C(CSc1ccccc1)NC(C)=O. The lowest BCUT2D eigenvalue weighted by molar-refractivity contribution is -0.127. The van der Waals surface area contributed by atoms with E-state index in [4.69, 9.17) is 0 Å². The zero-order valence-corrected chi connectivity index (χ0v) is 10.7. The fraction of sp³-hybridized carbons (Fsp3) is 0.333. The Morgan fingerprint density at radius 3 is 2.47 bits per heavy atom. The first-order valence-corrected chi connectivity index (χ1v) is 6.28. The molecule has 1 atom stereocenters. The number of thioether (sulfide) groups is 1. The maximum absolute atomic E-state index is 11.5. The first-order valence-electron chi connectivity index (χ1n) is 5.30. The maximum atomic E-state index is 11.5. The van der Waals surface area contributed by atoms with E-state index in [1.165, 1.54) is 18.7 Å². The van der Waals surface area contributed by atoms with Gasteiger partial charge in [0.2, 0.25) is 11.8 Å². The van der Waals surface area contributed by atoms with Crippen molar-refractivity contribution in [2.45, 2.75) is 17.9 Å². The highest BCUT2D eigenvalue weighted by Crippen LogP contribution is 2.17. The molecule has 0 saturated heterocycles. The Hall–Kier alpha value is -1.49. The summed E-state index contributed by atoms with van der Waals surface area (Å²) in [5, 5.41) is 5.17. The van der Waals surface area contributed by atoms with Gasteiger partial charge in [-0.15, -0.1) is 11.8 Å². The van der Waals surface area contributed by atoms with Crippen LogP contribution in [0.5, 0.6) is 0 Å². The molecule has 0 aliphatic heterocycles. The van der Waals surface area contributed by atoms with Crippen LogP contribution in [-0.2, 0) is 9.59 Å². The highest BCUT2D eigenvalue weighted by Gasteiger charge is 2.17. The maximum Gasteiger partial charge on any atom is 0.243 e. The van der Waals surface area contributed by atoms with Gasteiger partial charge in [0.25, 0.3) is 0 Å². The number of amides is 2. The van der Waals surface area contributed by atoms with Gasteiger partial charge in [-0.05, 0) is 12.1 Å². The minimum atomic E-state index is -0.497. The number of carbonyl (C=O) groups is 2. The van der Waals surface area contributed by atoms with Gasteiger partial charge in [-0.1, -0.05) is 18.2 Å². The average Bonchev–Trinajstić information content (AvgIpc) is 2.34. The first kappa shape index (κ1) is 13.6. The van der Waals surface area contributed by atoms with Gasteiger partial charge in [0.05, 0.1) is 0 Å². The minimum absolute atomic E-state index is 0.177. The third-order valence-electron chi connectivity index (χ3n) is 2.10. The molecule has 1 aromatic rings. The lowest BCUT2D eigenvalue weighted by atomic mass is 10.3. The third kappa shape index (κ3) is 4.91. The van der Waals surface area contributed by atoms with Gasteiger partial charge in [-0.25, -0.2) is 0 Å². The monoisotopic (exact) mass is 252 g/mol. The predicted molar refractivity (Wildman–Crippen MR) is 68.8 cm³/mol. The molecule has 0 bridgehead atoms. The molecule has 5 heteroatoms. The Morgan fingerprint density at radius 1 is 1.29 bits per heavy atom. The van der Waals surface area contributed by atoms with E-state index in [0.29, 0.717) is 5.75 Å². The zero-order valence-electron chi connectivity index (χ0n) is 9.90. The molecule has 2 N–H and O–H groups in total. The molecule has 92 valence electrons. The summed E-state index contributed by atoms with van der Waals surface area (Å²) >= 11 is 1.54. The molecule has 0 aliphatic rings. The van der Waals surface area contributed by atoms with E-state index in [0.717, 1.165) is 4.90 Å². The Balaban J connectivity index is 2.55. The van der Waals surface area contributed by atoms with E-state index in [1.54, 1.807) is 7.05 Å². The summed E-state index contributed by atoms with van der Waals surface area (Å²) in [5.41, 5.74) is 0. The number of hydrogen-bond donors (Lipinski definition) is 2. The summed E-state index contributed by atoms with van der Waals surface area (Å²) in [6.07, 6.45) is 0. The van der Waals surface area contributed by atoms with E-state index in [-0.39, 0.29) is 11.8 Å². The Kier molecular flexibility index (Phi) is 5.56. The number of likely N-dealkylation sites (N-methyl/N-ethyl adjacent to an activating group) is 1. The van der Waals surface area contributed by atoms with E-state index in [2.05, 4.69) is 10.6 Å². The van der Waals surface area contributed by atoms with E-state index in [9.17, 15) is 9.59 Å². The predicted octanol–water partition coefficient (Wildman–Crippen LogP) is 1.03. The molecule has 17 heavy (non-hydrogen) atoms. The van der Waals surface area contributed by atoms with Crippen molar-refractivity contribution >= 4 is 23.6 Å². The molecule has 0 fully saturated rings. The van der Waals surface area contributed by atoms with Crippen molar-refractivity contribution < 1.29 is 9.59 Å². The van der Waals surface area contributed by atoms with Gasteiger partial charge in [-0.2, -0.15) is 0 Å². The number of rotatable bonds is 5. The smallest absolute Gasteiger partial charge is 0.243 e. The van der Waals surface area contributed by atoms with Crippen LogP contribution in [0.15, 0.2) is 35.2 Å². The van der Waals surface area contributed by atoms with Crippen molar-refractivity contribution in [3.05, 3.63) is 30.3 Å². The molecule has 0 radical (unpaired) electrons. The van der Waals surface area contributed by atoms with Crippen LogP contribution in [0.2, 0.25) is 0 Å². The van der Waals surface area contributed by atoms with Crippen molar-refractivity contribution in [3.8, 4) is 0 Å². The zero-order chi connectivity index (χ0) is 12.7. The van der Waals surface area contributed by atoms with Gasteiger partial charge in [0.1, 0.15) is 6.04 Å². The van der Waals surface area contributed by atoms with Crippen molar-refractivity contribution in [2.24, 2.45) is 0 Å². The molecular formula is C12H16N2O2S. The van der Waals surface area contributed by atoms with Crippen molar-refractivity contribution in [1.82, 2.24) is 10.6 Å². The second kappa shape index (κ2) is 6.96. The van der Waals surface area contributed by atoms with Gasteiger partial charge in [-0.3, -0.25) is 9.59 Å². The van der Waals surface area contributed by atoms with Gasteiger partial charge in [0, 0.05) is 24.6 Å². The molecule has 0 aliphatic carbocycles. The topological polar surface area (TPSA) is 58.2 Å². The van der Waals surface area contributed by atoms with Crippen molar-refractivity contribution in [3.63, 3.8) is 0 Å². The van der Waals surface area contributed by atoms with E-state index < -0.39 is 6.04 Å². The molecule has 1 unspecified atom stereocenters. The van der Waals surface area contributed by atoms with Gasteiger partial charge < -0.3 is 10.6 Å². The van der Waals surface area contributed by atoms with Crippen LogP contribution in [0.25, 0.3) is 0 Å². The van der Waals surface area contributed by atoms with Crippen LogP contribution in [0.3, 0.4) is 0 Å². The van der Waals surface area contributed by atoms with Crippen LogP contribution < -0.4 is 10.6 Å². The summed E-state index contributed by atoms with van der Waals surface area (Å²) in [6.45, 7) is 1.41. The number of carbonyl (C=O) groups excluding carboxylic acids is 2. The Labute approximate surface area is 105 Å². The molecule has 0 aromatic heterocycles. The van der Waals surface area contributed by atoms with Crippen LogP contribution >= 0.6 is 11.8 Å². The molecular weight excluding hydrogens is 236 g/mol. The summed E-state index contributed by atoms with van der Waals surface area (Å²) in [6, 6.07) is 9.26. The summed E-state index contributed by atoms with van der Waals surface area (Å²) in [4.78, 5) is 23.6. The van der Waals surface area contributed by atoms with Crippen LogP contribution in [0, 0.1) is 0 Å². The van der Waals surface area contributed by atoms with Crippen LogP contribution in [-0.4, -0.2) is 30.7 Å². The lowest BCUT2D eigenvalue weighted by Gasteiger charge is -2.15. The third-order valence-corrected chi connectivity index (χ3v) is 3.21. The van der Waals surface area contributed by atoms with Gasteiger partial charge in [0.15, 0.2) is 0 Å². The number of hydrogen-bond acceptors (Lipinski definition) is 3. The summed E-state index contributed by atoms with van der Waals surface area (Å²) < 4.78 is 0. The lowest BCUT2D eigenvalue weighted by Crippen LogP contribution is -2.46. The van der Waals surface area contributed by atoms with Gasteiger partial charge >= 0.3 is 0 Å². The van der Waals surface area contributed by atoms with Crippen LogP contribution in [0.4, 0.5) is 0 Å². The highest BCUT2D eigenvalue weighted by atomic mass is 32.2. The summed E-state index contributed by atoms with van der Waals surface area (Å²) in [5.74, 6) is 0.138. The number of benzene rings is 1. The Morgan fingerprint density at radius 2 is 1.94 bits per heavy atom.